The van der Waals surface area contributed by atoms with Crippen LogP contribution in [0.15, 0.2) is 59.4 Å². The van der Waals surface area contributed by atoms with Gasteiger partial charge in [-0.05, 0) is 48.4 Å². The molecule has 0 spiro atoms. The number of fused-ring (bicyclic) bond motifs is 1. The molecule has 0 saturated heterocycles. The molecule has 3 aromatic rings. The zero-order chi connectivity index (χ0) is 19.5. The summed E-state index contributed by atoms with van der Waals surface area (Å²) in [5, 5.41) is 25.0. The van der Waals surface area contributed by atoms with E-state index >= 15 is 0 Å². The minimum Gasteiger partial charge on any atom is -0.506 e. The van der Waals surface area contributed by atoms with Crippen LogP contribution in [0.2, 0.25) is 0 Å². The van der Waals surface area contributed by atoms with Gasteiger partial charge < -0.3 is 20.5 Å². The van der Waals surface area contributed by atoms with E-state index in [9.17, 15) is 15.0 Å². The fraction of sp³-hybridized carbons (Fsp3) is 0.348. The number of aromatic nitrogens is 1. The van der Waals surface area contributed by atoms with Crippen molar-refractivity contribution in [2.24, 2.45) is 5.92 Å². The number of aliphatic hydroxyl groups is 1. The van der Waals surface area contributed by atoms with Crippen LogP contribution in [0.3, 0.4) is 0 Å². The van der Waals surface area contributed by atoms with Gasteiger partial charge in [0.25, 0.3) is 0 Å². The number of nitrogens with one attached hydrogen (secondary N) is 2. The first-order valence-electron chi connectivity index (χ1n) is 9.92. The highest BCUT2D eigenvalue weighted by atomic mass is 16.3. The normalized spacial score (nSPS) is 20.5. The van der Waals surface area contributed by atoms with Gasteiger partial charge in [-0.25, -0.2) is 0 Å². The molecule has 1 saturated carbocycles. The average molecular weight is 378 g/mol. The van der Waals surface area contributed by atoms with Gasteiger partial charge in [0.05, 0.1) is 11.6 Å². The van der Waals surface area contributed by atoms with Crippen LogP contribution in [0.25, 0.3) is 10.9 Å². The third kappa shape index (κ3) is 3.96. The molecule has 1 aromatic heterocycles. The average Bonchev–Trinajstić information content (AvgIpc) is 3.14. The van der Waals surface area contributed by atoms with Crippen LogP contribution >= 0.6 is 0 Å². The highest BCUT2D eigenvalue weighted by molar-refractivity contribution is 5.87. The first kappa shape index (κ1) is 18.7. The van der Waals surface area contributed by atoms with Crippen LogP contribution in [-0.4, -0.2) is 27.8 Å². The molecule has 2 aromatic carbocycles. The summed E-state index contributed by atoms with van der Waals surface area (Å²) in [5.74, 6) is 0.581. The summed E-state index contributed by atoms with van der Waals surface area (Å²) < 4.78 is 0. The van der Waals surface area contributed by atoms with Crippen molar-refractivity contribution >= 4 is 10.9 Å². The fourth-order valence-corrected chi connectivity index (χ4v) is 4.39. The Bertz CT molecular complexity index is 1000. The van der Waals surface area contributed by atoms with Crippen LogP contribution in [0.5, 0.6) is 5.75 Å². The number of aromatic hydroxyl groups is 1. The van der Waals surface area contributed by atoms with Crippen molar-refractivity contribution in [3.8, 4) is 5.75 Å². The van der Waals surface area contributed by atoms with Crippen LogP contribution < -0.4 is 10.9 Å². The second kappa shape index (κ2) is 8.17. The van der Waals surface area contributed by atoms with Crippen molar-refractivity contribution in [2.45, 2.75) is 37.8 Å². The summed E-state index contributed by atoms with van der Waals surface area (Å²) in [7, 11) is 0. The maximum absolute atomic E-state index is 11.6. The van der Waals surface area contributed by atoms with Gasteiger partial charge in [0, 0.05) is 24.0 Å². The Labute approximate surface area is 164 Å². The first-order chi connectivity index (χ1) is 13.6. The molecular formula is C23H26N2O3. The first-order valence-corrected chi connectivity index (χ1v) is 9.92. The van der Waals surface area contributed by atoms with Gasteiger partial charge in [0.1, 0.15) is 5.75 Å². The number of phenols is 1. The van der Waals surface area contributed by atoms with E-state index in [0.29, 0.717) is 35.0 Å². The molecule has 4 rings (SSSR count). The fourth-order valence-electron chi connectivity index (χ4n) is 4.39. The smallest absolute Gasteiger partial charge is 0.248 e. The second-order valence-electron chi connectivity index (χ2n) is 7.70. The van der Waals surface area contributed by atoms with Gasteiger partial charge in [0.2, 0.25) is 5.56 Å². The number of pyridine rings is 1. The van der Waals surface area contributed by atoms with Crippen molar-refractivity contribution in [3.63, 3.8) is 0 Å². The van der Waals surface area contributed by atoms with Gasteiger partial charge in [-0.2, -0.15) is 0 Å². The van der Waals surface area contributed by atoms with Gasteiger partial charge >= 0.3 is 0 Å². The largest absolute Gasteiger partial charge is 0.506 e. The Morgan fingerprint density at radius 3 is 2.71 bits per heavy atom. The van der Waals surface area contributed by atoms with E-state index in [1.807, 2.05) is 6.07 Å². The Kier molecular flexibility index (Phi) is 5.46. The van der Waals surface area contributed by atoms with Crippen LogP contribution in [0, 0.1) is 5.92 Å². The third-order valence-corrected chi connectivity index (χ3v) is 5.84. The van der Waals surface area contributed by atoms with E-state index in [4.69, 9.17) is 0 Å². The molecule has 5 nitrogen and oxygen atoms in total. The molecule has 0 amide bonds. The Hall–Kier alpha value is -2.63. The Balaban J connectivity index is 1.45. The maximum atomic E-state index is 11.6. The van der Waals surface area contributed by atoms with Crippen LogP contribution in [0.1, 0.15) is 36.5 Å². The molecule has 5 heteroatoms. The lowest BCUT2D eigenvalue weighted by atomic mass is 9.94. The lowest BCUT2D eigenvalue weighted by Crippen LogP contribution is -2.36. The molecule has 3 atom stereocenters. The second-order valence-corrected chi connectivity index (χ2v) is 7.70. The number of hydrogen-bond acceptors (Lipinski definition) is 4. The molecule has 1 heterocycles. The zero-order valence-electron chi connectivity index (χ0n) is 15.8. The number of aromatic amines is 1. The number of aliphatic hydroxyl groups excluding tert-OH is 1. The van der Waals surface area contributed by atoms with E-state index < -0.39 is 6.10 Å². The van der Waals surface area contributed by atoms with Crippen molar-refractivity contribution in [2.75, 3.05) is 6.54 Å². The number of phenolic OH excluding ortho intramolecular Hbond substituents is 1. The Morgan fingerprint density at radius 2 is 1.89 bits per heavy atom. The van der Waals surface area contributed by atoms with Crippen LogP contribution in [0.4, 0.5) is 0 Å². The molecule has 1 aliphatic rings. The van der Waals surface area contributed by atoms with Crippen molar-refractivity contribution in [3.05, 3.63) is 76.1 Å². The zero-order valence-corrected chi connectivity index (χ0v) is 15.8. The quantitative estimate of drug-likeness (QED) is 0.530. The van der Waals surface area contributed by atoms with Gasteiger partial charge in [0.15, 0.2) is 0 Å². The van der Waals surface area contributed by atoms with E-state index in [1.54, 1.807) is 12.1 Å². The highest BCUT2D eigenvalue weighted by Crippen LogP contribution is 2.31. The Morgan fingerprint density at radius 1 is 1.07 bits per heavy atom. The van der Waals surface area contributed by atoms with Gasteiger partial charge in [-0.1, -0.05) is 42.8 Å². The predicted octanol–water partition coefficient (Wildman–Crippen LogP) is 3.27. The molecule has 2 unspecified atom stereocenters. The molecule has 1 aliphatic carbocycles. The lowest BCUT2D eigenvalue weighted by molar-refractivity contribution is 0.167. The monoisotopic (exact) mass is 378 g/mol. The SMILES string of the molecule is O=c1ccc2c([C@@H](O)CNC3CCCC3Cc3ccccc3)ccc(O)c2[nH]1. The minimum atomic E-state index is -0.716. The van der Waals surface area contributed by atoms with E-state index in [0.717, 1.165) is 12.8 Å². The predicted molar refractivity (Wildman–Crippen MR) is 110 cm³/mol. The van der Waals surface area contributed by atoms with Crippen molar-refractivity contribution in [1.82, 2.24) is 10.3 Å². The summed E-state index contributed by atoms with van der Waals surface area (Å²) in [6.45, 7) is 0.439. The van der Waals surface area contributed by atoms with Crippen LogP contribution in [-0.2, 0) is 6.42 Å². The highest BCUT2D eigenvalue weighted by Gasteiger charge is 2.27. The molecule has 28 heavy (non-hydrogen) atoms. The molecule has 0 aliphatic heterocycles. The number of benzene rings is 2. The maximum Gasteiger partial charge on any atom is 0.248 e. The minimum absolute atomic E-state index is 0.00956. The van der Waals surface area contributed by atoms with E-state index in [-0.39, 0.29) is 11.3 Å². The molecular weight excluding hydrogens is 352 g/mol. The molecule has 4 N–H and O–H groups in total. The molecule has 1 fully saturated rings. The summed E-state index contributed by atoms with van der Waals surface area (Å²) in [4.78, 5) is 14.2. The van der Waals surface area contributed by atoms with Crippen molar-refractivity contribution < 1.29 is 10.2 Å². The standard InChI is InChI=1S/C23H26N2O3/c26-20-11-9-17(18-10-12-22(28)25-23(18)20)21(27)14-24-19-8-4-7-16(19)13-15-5-2-1-3-6-15/h1-3,5-6,9-12,16,19,21,24,26-27H,4,7-8,13-14H2,(H,25,28)/t16?,19?,21-/m0/s1. The van der Waals surface area contributed by atoms with Gasteiger partial charge in [-0.3, -0.25) is 4.79 Å². The third-order valence-electron chi connectivity index (χ3n) is 5.84. The van der Waals surface area contributed by atoms with Crippen molar-refractivity contribution in [1.29, 1.82) is 0 Å². The van der Waals surface area contributed by atoms with E-state index in [2.05, 4.69) is 34.6 Å². The number of rotatable bonds is 6. The molecule has 0 bridgehead atoms. The number of H-pyrrole nitrogens is 1. The van der Waals surface area contributed by atoms with E-state index in [1.165, 1.54) is 30.5 Å². The summed E-state index contributed by atoms with van der Waals surface area (Å²) in [6.07, 6.45) is 3.86. The molecule has 0 radical (unpaired) electrons. The van der Waals surface area contributed by atoms with Gasteiger partial charge in [-0.15, -0.1) is 0 Å². The topological polar surface area (TPSA) is 85.3 Å². The lowest BCUT2D eigenvalue weighted by Gasteiger charge is -2.23. The number of hydrogen-bond donors (Lipinski definition) is 4. The molecule has 146 valence electrons. The summed E-state index contributed by atoms with van der Waals surface area (Å²) >= 11 is 0. The summed E-state index contributed by atoms with van der Waals surface area (Å²) in [6, 6.07) is 17.2. The summed E-state index contributed by atoms with van der Waals surface area (Å²) in [5.41, 5.74) is 2.15.